The molecule has 1 aliphatic heterocycles. The SMILES string of the molecule is CC(C)CN1C(=O)C(=O)N(Cc2csc(-c3ncccn3)n2)C1=O. The van der Waals surface area contributed by atoms with Crippen molar-refractivity contribution in [2.45, 2.75) is 20.4 Å². The minimum atomic E-state index is -0.814. The molecular weight excluding hydrogens is 330 g/mol. The first-order chi connectivity index (χ1) is 11.5. The Labute approximate surface area is 142 Å². The van der Waals surface area contributed by atoms with Crippen molar-refractivity contribution in [1.29, 1.82) is 0 Å². The van der Waals surface area contributed by atoms with Gasteiger partial charge in [0.1, 0.15) is 0 Å². The van der Waals surface area contributed by atoms with Gasteiger partial charge in [0.2, 0.25) is 0 Å². The first kappa shape index (κ1) is 16.2. The second-order valence-corrected chi connectivity index (χ2v) is 6.56. The lowest BCUT2D eigenvalue weighted by atomic mass is 10.2. The lowest BCUT2D eigenvalue weighted by Crippen LogP contribution is -2.35. The monoisotopic (exact) mass is 345 g/mol. The van der Waals surface area contributed by atoms with Crippen LogP contribution in [0.2, 0.25) is 0 Å². The van der Waals surface area contributed by atoms with Crippen LogP contribution in [0.3, 0.4) is 0 Å². The maximum atomic E-state index is 12.3. The smallest absolute Gasteiger partial charge is 0.263 e. The number of carbonyl (C=O) groups is 3. The molecule has 9 heteroatoms. The number of imide groups is 2. The maximum absolute atomic E-state index is 12.3. The van der Waals surface area contributed by atoms with Crippen LogP contribution in [-0.2, 0) is 16.1 Å². The van der Waals surface area contributed by atoms with Crippen LogP contribution in [0.4, 0.5) is 4.79 Å². The molecule has 3 rings (SSSR count). The molecule has 8 nitrogen and oxygen atoms in total. The lowest BCUT2D eigenvalue weighted by molar-refractivity contribution is -0.143. The first-order valence-electron chi connectivity index (χ1n) is 7.36. The highest BCUT2D eigenvalue weighted by atomic mass is 32.1. The lowest BCUT2D eigenvalue weighted by Gasteiger charge is -2.16. The van der Waals surface area contributed by atoms with Crippen LogP contribution in [0.5, 0.6) is 0 Å². The highest BCUT2D eigenvalue weighted by Gasteiger charge is 2.44. The van der Waals surface area contributed by atoms with E-state index in [4.69, 9.17) is 0 Å². The third-order valence-corrected chi connectivity index (χ3v) is 4.20. The minimum absolute atomic E-state index is 0.0403. The zero-order valence-electron chi connectivity index (χ0n) is 13.2. The van der Waals surface area contributed by atoms with Gasteiger partial charge in [-0.05, 0) is 12.0 Å². The van der Waals surface area contributed by atoms with E-state index in [1.165, 1.54) is 11.3 Å². The van der Waals surface area contributed by atoms with Gasteiger partial charge in [-0.3, -0.25) is 14.5 Å². The number of rotatable bonds is 5. The number of nitrogens with zero attached hydrogens (tertiary/aromatic N) is 5. The summed E-state index contributed by atoms with van der Waals surface area (Å²) in [7, 11) is 0. The molecule has 0 saturated carbocycles. The van der Waals surface area contributed by atoms with Crippen molar-refractivity contribution in [2.24, 2.45) is 5.92 Å². The fourth-order valence-electron chi connectivity index (χ4n) is 2.27. The van der Waals surface area contributed by atoms with Gasteiger partial charge in [-0.2, -0.15) is 0 Å². The van der Waals surface area contributed by atoms with E-state index >= 15 is 0 Å². The van der Waals surface area contributed by atoms with Crippen molar-refractivity contribution in [1.82, 2.24) is 24.8 Å². The molecule has 3 heterocycles. The van der Waals surface area contributed by atoms with E-state index in [1.807, 2.05) is 13.8 Å². The standard InChI is InChI=1S/C15H15N5O3S/c1-9(2)6-19-13(21)14(22)20(15(19)23)7-10-8-24-12(18-10)11-16-4-3-5-17-11/h3-5,8-9H,6-7H2,1-2H3. The first-order valence-corrected chi connectivity index (χ1v) is 8.24. The van der Waals surface area contributed by atoms with Gasteiger partial charge in [0.05, 0.1) is 12.2 Å². The van der Waals surface area contributed by atoms with Gasteiger partial charge in [-0.15, -0.1) is 11.3 Å². The summed E-state index contributed by atoms with van der Waals surface area (Å²) in [5.41, 5.74) is 0.517. The molecule has 0 unspecified atom stereocenters. The minimum Gasteiger partial charge on any atom is -0.263 e. The van der Waals surface area contributed by atoms with E-state index in [0.29, 0.717) is 16.5 Å². The Morgan fingerprint density at radius 1 is 1.08 bits per heavy atom. The van der Waals surface area contributed by atoms with E-state index in [9.17, 15) is 14.4 Å². The third-order valence-electron chi connectivity index (χ3n) is 3.31. The molecule has 24 heavy (non-hydrogen) atoms. The predicted molar refractivity (Wildman–Crippen MR) is 85.6 cm³/mol. The van der Waals surface area contributed by atoms with Crippen LogP contribution < -0.4 is 0 Å². The maximum Gasteiger partial charge on any atom is 0.334 e. The van der Waals surface area contributed by atoms with E-state index in [2.05, 4.69) is 15.0 Å². The van der Waals surface area contributed by atoms with Crippen LogP contribution in [0.1, 0.15) is 19.5 Å². The van der Waals surface area contributed by atoms with Crippen LogP contribution in [0.25, 0.3) is 10.8 Å². The normalized spacial score (nSPS) is 15.0. The van der Waals surface area contributed by atoms with Crippen LogP contribution >= 0.6 is 11.3 Å². The molecule has 124 valence electrons. The molecule has 0 N–H and O–H groups in total. The van der Waals surface area contributed by atoms with Gasteiger partial charge in [-0.1, -0.05) is 13.8 Å². The predicted octanol–water partition coefficient (Wildman–Crippen LogP) is 1.55. The summed E-state index contributed by atoms with van der Waals surface area (Å²) in [4.78, 5) is 50.8. The van der Waals surface area contributed by atoms with Crippen LogP contribution in [0.15, 0.2) is 23.8 Å². The molecule has 1 saturated heterocycles. The van der Waals surface area contributed by atoms with E-state index < -0.39 is 17.8 Å². The summed E-state index contributed by atoms with van der Waals surface area (Å²) in [6.45, 7) is 3.93. The summed E-state index contributed by atoms with van der Waals surface area (Å²) in [6.07, 6.45) is 3.22. The summed E-state index contributed by atoms with van der Waals surface area (Å²) < 4.78 is 0. The number of hydrogen-bond acceptors (Lipinski definition) is 7. The molecule has 0 radical (unpaired) electrons. The number of thiazole rings is 1. The molecule has 0 aliphatic carbocycles. The topological polar surface area (TPSA) is 96.4 Å². The molecule has 0 aromatic carbocycles. The molecule has 1 aliphatic rings. The van der Waals surface area contributed by atoms with Crippen molar-refractivity contribution in [2.75, 3.05) is 6.54 Å². The molecule has 0 spiro atoms. The van der Waals surface area contributed by atoms with Crippen molar-refractivity contribution < 1.29 is 14.4 Å². The molecular formula is C15H15N5O3S. The Morgan fingerprint density at radius 2 is 1.75 bits per heavy atom. The zero-order chi connectivity index (χ0) is 17.3. The summed E-state index contributed by atoms with van der Waals surface area (Å²) >= 11 is 1.32. The Hall–Kier alpha value is -2.68. The van der Waals surface area contributed by atoms with Gasteiger partial charge < -0.3 is 0 Å². The summed E-state index contributed by atoms with van der Waals surface area (Å²) in [5, 5.41) is 2.32. The zero-order valence-corrected chi connectivity index (χ0v) is 14.0. The van der Waals surface area contributed by atoms with Gasteiger partial charge in [-0.25, -0.2) is 24.6 Å². The highest BCUT2D eigenvalue weighted by Crippen LogP contribution is 2.22. The molecule has 0 bridgehead atoms. The number of hydrogen-bond donors (Lipinski definition) is 0. The molecule has 4 amide bonds. The molecule has 2 aromatic rings. The van der Waals surface area contributed by atoms with Crippen molar-refractivity contribution in [3.63, 3.8) is 0 Å². The summed E-state index contributed by atoms with van der Waals surface area (Å²) in [6, 6.07) is 1.11. The molecule has 0 atom stereocenters. The molecule has 2 aromatic heterocycles. The van der Waals surface area contributed by atoms with E-state index in [-0.39, 0.29) is 19.0 Å². The van der Waals surface area contributed by atoms with Crippen molar-refractivity contribution in [3.8, 4) is 10.8 Å². The fourth-order valence-corrected chi connectivity index (χ4v) is 3.03. The average molecular weight is 345 g/mol. The Bertz CT molecular complexity index is 789. The Balaban J connectivity index is 1.77. The Morgan fingerprint density at radius 3 is 2.42 bits per heavy atom. The van der Waals surface area contributed by atoms with Gasteiger partial charge in [0.15, 0.2) is 10.8 Å². The van der Waals surface area contributed by atoms with Crippen LogP contribution in [-0.4, -0.2) is 49.1 Å². The fraction of sp³-hybridized carbons (Fsp3) is 0.333. The van der Waals surface area contributed by atoms with Gasteiger partial charge in [0.25, 0.3) is 0 Å². The number of carbonyl (C=O) groups excluding carboxylic acids is 3. The number of amides is 4. The second kappa shape index (κ2) is 6.44. The number of aromatic nitrogens is 3. The number of urea groups is 1. The third kappa shape index (κ3) is 3.02. The Kier molecular flexibility index (Phi) is 4.34. The van der Waals surface area contributed by atoms with Crippen molar-refractivity contribution in [3.05, 3.63) is 29.5 Å². The average Bonchev–Trinajstić information content (AvgIpc) is 3.11. The largest absolute Gasteiger partial charge is 0.334 e. The highest BCUT2D eigenvalue weighted by molar-refractivity contribution is 7.13. The second-order valence-electron chi connectivity index (χ2n) is 5.70. The van der Waals surface area contributed by atoms with Crippen molar-refractivity contribution >= 4 is 29.2 Å². The van der Waals surface area contributed by atoms with Gasteiger partial charge >= 0.3 is 17.8 Å². The summed E-state index contributed by atoms with van der Waals surface area (Å²) in [5.74, 6) is -1.03. The van der Waals surface area contributed by atoms with E-state index in [0.717, 1.165) is 9.80 Å². The van der Waals surface area contributed by atoms with Gasteiger partial charge in [0, 0.05) is 24.3 Å². The van der Waals surface area contributed by atoms with Crippen LogP contribution in [0, 0.1) is 5.92 Å². The van der Waals surface area contributed by atoms with E-state index in [1.54, 1.807) is 23.8 Å². The quantitative estimate of drug-likeness (QED) is 0.602. The molecule has 1 fully saturated rings.